The number of nitrogens with zero attached hydrogens (tertiary/aromatic N) is 2. The summed E-state index contributed by atoms with van der Waals surface area (Å²) in [5.41, 5.74) is 7.59. The molecule has 1 aromatic carbocycles. The summed E-state index contributed by atoms with van der Waals surface area (Å²) in [7, 11) is -0.392. The molecule has 1 saturated heterocycles. The highest BCUT2D eigenvalue weighted by atomic mass is 32.2. The van der Waals surface area contributed by atoms with Gasteiger partial charge in [-0.1, -0.05) is 6.92 Å². The van der Waals surface area contributed by atoms with Gasteiger partial charge in [-0.05, 0) is 43.9 Å². The van der Waals surface area contributed by atoms with Crippen LogP contribution in [0.3, 0.4) is 0 Å². The van der Waals surface area contributed by atoms with Gasteiger partial charge in [-0.3, -0.25) is 0 Å². The number of nitrogens with two attached hydrogens (primary N) is 1. The van der Waals surface area contributed by atoms with Gasteiger partial charge in [-0.2, -0.15) is 0 Å². The molecule has 2 N–H and O–H groups in total. The minimum atomic E-state index is -3.43. The van der Waals surface area contributed by atoms with Gasteiger partial charge >= 0.3 is 0 Å². The highest BCUT2D eigenvalue weighted by molar-refractivity contribution is 7.89. The second kappa shape index (κ2) is 5.85. The fourth-order valence-electron chi connectivity index (χ4n) is 2.93. The molecular formula is C15H25N3O2S. The highest BCUT2D eigenvalue weighted by Gasteiger charge is 2.25. The van der Waals surface area contributed by atoms with E-state index in [2.05, 4.69) is 18.7 Å². The van der Waals surface area contributed by atoms with Crippen molar-refractivity contribution in [2.75, 3.05) is 31.3 Å². The summed E-state index contributed by atoms with van der Waals surface area (Å²) in [6.07, 6.45) is 2.28. The Morgan fingerprint density at radius 1 is 1.29 bits per heavy atom. The number of anilines is 2. The fourth-order valence-corrected chi connectivity index (χ4v) is 3.87. The Morgan fingerprint density at radius 2 is 1.95 bits per heavy atom. The predicted molar refractivity (Wildman–Crippen MR) is 86.9 cm³/mol. The van der Waals surface area contributed by atoms with E-state index in [0.29, 0.717) is 11.7 Å². The van der Waals surface area contributed by atoms with E-state index in [9.17, 15) is 8.42 Å². The third-order valence-corrected chi connectivity index (χ3v) is 6.04. The van der Waals surface area contributed by atoms with Crippen molar-refractivity contribution < 1.29 is 8.42 Å². The monoisotopic (exact) mass is 311 g/mol. The number of nitrogen functional groups attached to an aromatic ring is 1. The maximum Gasteiger partial charge on any atom is 0.242 e. The molecule has 0 aliphatic carbocycles. The molecule has 1 aliphatic rings. The number of hydrogen-bond donors (Lipinski definition) is 1. The number of hydrogen-bond acceptors (Lipinski definition) is 4. The molecule has 1 fully saturated rings. The molecule has 118 valence electrons. The van der Waals surface area contributed by atoms with Crippen molar-refractivity contribution in [2.24, 2.45) is 5.92 Å². The Hall–Kier alpha value is -1.27. The van der Waals surface area contributed by atoms with Crippen LogP contribution in [0.4, 0.5) is 11.4 Å². The van der Waals surface area contributed by atoms with Crippen molar-refractivity contribution in [3.8, 4) is 0 Å². The van der Waals surface area contributed by atoms with E-state index in [1.807, 2.05) is 6.07 Å². The highest BCUT2D eigenvalue weighted by Crippen LogP contribution is 2.33. The first-order chi connectivity index (χ1) is 9.73. The molecule has 2 rings (SSSR count). The summed E-state index contributed by atoms with van der Waals surface area (Å²) in [6.45, 7) is 5.43. The van der Waals surface area contributed by atoms with Gasteiger partial charge in [0, 0.05) is 26.7 Å². The van der Waals surface area contributed by atoms with Gasteiger partial charge in [0.1, 0.15) is 0 Å². The fraction of sp³-hybridized carbons (Fsp3) is 0.600. The van der Waals surface area contributed by atoms with Gasteiger partial charge in [-0.25, -0.2) is 12.7 Å². The lowest BCUT2D eigenvalue weighted by atomic mass is 9.93. The van der Waals surface area contributed by atoms with Gasteiger partial charge in [0.25, 0.3) is 0 Å². The molecule has 2 atom stereocenters. The van der Waals surface area contributed by atoms with Crippen molar-refractivity contribution in [3.05, 3.63) is 18.2 Å². The van der Waals surface area contributed by atoms with E-state index in [4.69, 9.17) is 5.73 Å². The molecule has 6 heteroatoms. The van der Waals surface area contributed by atoms with Crippen molar-refractivity contribution in [3.63, 3.8) is 0 Å². The zero-order valence-corrected chi connectivity index (χ0v) is 14.0. The minimum absolute atomic E-state index is 0.242. The van der Waals surface area contributed by atoms with Crippen molar-refractivity contribution in [2.45, 2.75) is 37.6 Å². The Balaban J connectivity index is 2.32. The number of benzene rings is 1. The Morgan fingerprint density at radius 3 is 2.48 bits per heavy atom. The summed E-state index contributed by atoms with van der Waals surface area (Å²) in [5.74, 6) is 0.728. The normalized spacial score (nSPS) is 23.6. The second-order valence-corrected chi connectivity index (χ2v) is 8.33. The van der Waals surface area contributed by atoms with Crippen LogP contribution < -0.4 is 10.6 Å². The van der Waals surface area contributed by atoms with Crippen LogP contribution in [0.1, 0.15) is 26.7 Å². The lowest BCUT2D eigenvalue weighted by Crippen LogP contribution is -2.40. The summed E-state index contributed by atoms with van der Waals surface area (Å²) in [4.78, 5) is 2.52. The molecular weight excluding hydrogens is 286 g/mol. The van der Waals surface area contributed by atoms with Gasteiger partial charge < -0.3 is 10.6 Å². The maximum atomic E-state index is 12.1. The summed E-state index contributed by atoms with van der Waals surface area (Å²) in [6, 6.07) is 5.46. The Kier molecular flexibility index (Phi) is 4.49. The van der Waals surface area contributed by atoms with Crippen LogP contribution in [0.5, 0.6) is 0 Å². The van der Waals surface area contributed by atoms with E-state index < -0.39 is 10.0 Å². The van der Waals surface area contributed by atoms with Crippen LogP contribution in [-0.4, -0.2) is 39.4 Å². The van der Waals surface area contributed by atoms with Crippen LogP contribution in [0, 0.1) is 5.92 Å². The average molecular weight is 311 g/mol. The largest absolute Gasteiger partial charge is 0.397 e. The molecule has 0 spiro atoms. The molecule has 5 nitrogen and oxygen atoms in total. The van der Waals surface area contributed by atoms with Gasteiger partial charge in [-0.15, -0.1) is 0 Å². The molecule has 1 aromatic rings. The second-order valence-electron chi connectivity index (χ2n) is 6.18. The first-order valence-electron chi connectivity index (χ1n) is 7.32. The van der Waals surface area contributed by atoms with Crippen LogP contribution >= 0.6 is 0 Å². The van der Waals surface area contributed by atoms with Crippen molar-refractivity contribution in [1.82, 2.24) is 4.31 Å². The molecule has 0 amide bonds. The van der Waals surface area contributed by atoms with Crippen LogP contribution in [0.15, 0.2) is 23.1 Å². The SMILES string of the molecule is CC1CCN(c2ccc(S(=O)(=O)N(C)C)cc2N)C(C)C1. The average Bonchev–Trinajstić information content (AvgIpc) is 2.39. The number of piperidine rings is 1. The molecule has 0 radical (unpaired) electrons. The molecule has 21 heavy (non-hydrogen) atoms. The summed E-state index contributed by atoms with van der Waals surface area (Å²) in [5, 5.41) is 0. The van der Waals surface area contributed by atoms with Crippen LogP contribution in [0.25, 0.3) is 0 Å². The van der Waals surface area contributed by atoms with E-state index in [1.165, 1.54) is 18.4 Å². The van der Waals surface area contributed by atoms with E-state index in [1.54, 1.807) is 12.1 Å². The lowest BCUT2D eigenvalue weighted by Gasteiger charge is -2.39. The van der Waals surface area contributed by atoms with Gasteiger partial charge in [0.05, 0.1) is 16.3 Å². The quantitative estimate of drug-likeness (QED) is 0.869. The van der Waals surface area contributed by atoms with E-state index in [-0.39, 0.29) is 4.90 Å². The van der Waals surface area contributed by atoms with E-state index >= 15 is 0 Å². The molecule has 1 heterocycles. The van der Waals surface area contributed by atoms with Crippen LogP contribution in [-0.2, 0) is 10.0 Å². The van der Waals surface area contributed by atoms with Crippen molar-refractivity contribution >= 4 is 21.4 Å². The first-order valence-corrected chi connectivity index (χ1v) is 8.76. The minimum Gasteiger partial charge on any atom is -0.397 e. The Labute approximate surface area is 127 Å². The predicted octanol–water partition coefficient (Wildman–Crippen LogP) is 2.14. The third kappa shape index (κ3) is 3.16. The zero-order chi connectivity index (χ0) is 15.8. The summed E-state index contributed by atoms with van der Waals surface area (Å²) < 4.78 is 25.5. The third-order valence-electron chi connectivity index (χ3n) is 4.23. The van der Waals surface area contributed by atoms with Crippen molar-refractivity contribution in [1.29, 1.82) is 0 Å². The van der Waals surface area contributed by atoms with Crippen LogP contribution in [0.2, 0.25) is 0 Å². The smallest absolute Gasteiger partial charge is 0.242 e. The molecule has 0 aromatic heterocycles. The number of rotatable bonds is 3. The standard InChI is InChI=1S/C15H25N3O2S/c1-11-7-8-18(12(2)9-11)15-6-5-13(10-14(15)16)21(19,20)17(3)4/h5-6,10-12H,7-9,16H2,1-4H3. The molecule has 1 aliphatic heterocycles. The zero-order valence-electron chi connectivity index (χ0n) is 13.2. The topological polar surface area (TPSA) is 66.6 Å². The Bertz CT molecular complexity index is 613. The van der Waals surface area contributed by atoms with Gasteiger partial charge in [0.2, 0.25) is 10.0 Å². The first kappa shape index (κ1) is 16.1. The molecule has 2 unspecified atom stereocenters. The maximum absolute atomic E-state index is 12.1. The van der Waals surface area contributed by atoms with E-state index in [0.717, 1.165) is 31.0 Å². The number of sulfonamides is 1. The van der Waals surface area contributed by atoms with Gasteiger partial charge in [0.15, 0.2) is 0 Å². The lowest BCUT2D eigenvalue weighted by molar-refractivity contribution is 0.378. The summed E-state index contributed by atoms with van der Waals surface area (Å²) >= 11 is 0. The molecule has 0 bridgehead atoms. The molecule has 0 saturated carbocycles.